The van der Waals surface area contributed by atoms with E-state index in [1.165, 1.54) is 25.0 Å². The number of carbonyl (C=O) groups is 4. The summed E-state index contributed by atoms with van der Waals surface area (Å²) in [6, 6.07) is 7.22. The van der Waals surface area contributed by atoms with Crippen molar-refractivity contribution in [2.75, 3.05) is 7.11 Å². The molecule has 0 saturated carbocycles. The molecule has 2 saturated heterocycles. The van der Waals surface area contributed by atoms with Crippen molar-refractivity contribution in [2.24, 2.45) is 0 Å². The number of quaternary nitrogens is 1. The van der Waals surface area contributed by atoms with E-state index in [1.807, 2.05) is 0 Å². The Kier molecular flexibility index (Phi) is 6.54. The Morgan fingerprint density at radius 2 is 1.84 bits per heavy atom. The van der Waals surface area contributed by atoms with Crippen molar-refractivity contribution in [3.8, 4) is 11.1 Å². The summed E-state index contributed by atoms with van der Waals surface area (Å²) in [5, 5.41) is 15.3. The van der Waals surface area contributed by atoms with E-state index in [2.05, 4.69) is 36.2 Å². The van der Waals surface area contributed by atoms with E-state index >= 15 is 0 Å². The van der Waals surface area contributed by atoms with Crippen LogP contribution in [0.25, 0.3) is 11.1 Å². The van der Waals surface area contributed by atoms with Crippen molar-refractivity contribution >= 4 is 35.6 Å². The van der Waals surface area contributed by atoms with Gasteiger partial charge in [-0.2, -0.15) is 0 Å². The molecule has 3 amide bonds. The molecule has 4 unspecified atom stereocenters. The highest BCUT2D eigenvalue weighted by Gasteiger charge is 2.59. The van der Waals surface area contributed by atoms with Crippen LogP contribution in [0.1, 0.15) is 33.1 Å². The fourth-order valence-electron chi connectivity index (χ4n) is 3.73. The second kappa shape index (κ2) is 8.81. The summed E-state index contributed by atoms with van der Waals surface area (Å²) >= 11 is 0.815. The largest absolute Gasteiger partial charge is 0.630 e. The Balaban J connectivity index is 0.000000381. The van der Waals surface area contributed by atoms with Gasteiger partial charge in [0, 0.05) is 31.7 Å². The van der Waals surface area contributed by atoms with Crippen LogP contribution in [0.5, 0.6) is 0 Å². The highest BCUT2D eigenvalue weighted by atomic mass is 32.2. The molecule has 4 aliphatic rings. The lowest BCUT2D eigenvalue weighted by molar-refractivity contribution is -0.969. The topological polar surface area (TPSA) is 116 Å². The average Bonchev–Trinajstić information content (AvgIpc) is 3.17. The van der Waals surface area contributed by atoms with Crippen molar-refractivity contribution < 1.29 is 28.6 Å². The molecule has 0 radical (unpaired) electrons. The molecule has 0 aromatic rings. The Bertz CT molecular complexity index is 918. The van der Waals surface area contributed by atoms with Gasteiger partial charge >= 0.3 is 5.97 Å². The zero-order valence-electron chi connectivity index (χ0n) is 17.6. The van der Waals surface area contributed by atoms with Crippen LogP contribution in [0.3, 0.4) is 0 Å². The van der Waals surface area contributed by atoms with Gasteiger partial charge in [0.05, 0.1) is 13.5 Å². The molecule has 4 atom stereocenters. The zero-order chi connectivity index (χ0) is 22.9. The van der Waals surface area contributed by atoms with Crippen LogP contribution >= 0.6 is 11.9 Å². The summed E-state index contributed by atoms with van der Waals surface area (Å²) in [5.74, 6) is -1.92. The van der Waals surface area contributed by atoms with Crippen molar-refractivity contribution in [1.29, 1.82) is 0 Å². The molecule has 2 heterocycles. The fraction of sp³-hybridized carbons (Fsp3) is 0.429. The number of likely N-dealkylation sites (tertiary alicyclic amines) is 1. The van der Waals surface area contributed by atoms with Crippen LogP contribution in [-0.4, -0.2) is 57.3 Å². The highest BCUT2D eigenvalue weighted by molar-refractivity contribution is 7.98. The van der Waals surface area contributed by atoms with Gasteiger partial charge in [-0.15, -0.1) is 0 Å². The third kappa shape index (κ3) is 4.51. The molecule has 9 nitrogen and oxygen atoms in total. The van der Waals surface area contributed by atoms with Crippen LogP contribution in [-0.2, 0) is 23.9 Å². The number of hydrogen-bond donors (Lipinski definition) is 1. The van der Waals surface area contributed by atoms with Gasteiger partial charge in [0.2, 0.25) is 23.8 Å². The molecule has 31 heavy (non-hydrogen) atoms. The first-order valence-corrected chi connectivity index (χ1v) is 10.7. The van der Waals surface area contributed by atoms with E-state index < -0.39 is 34.1 Å². The lowest BCUT2D eigenvalue weighted by Gasteiger charge is -2.63. The van der Waals surface area contributed by atoms with Crippen LogP contribution < -0.4 is 5.32 Å². The van der Waals surface area contributed by atoms with Crippen LogP contribution in [0, 0.1) is 5.21 Å². The maximum absolute atomic E-state index is 13.6. The number of carbonyl (C=O) groups excluding carboxylic acids is 4. The minimum Gasteiger partial charge on any atom is -0.630 e. The third-order valence-electron chi connectivity index (χ3n) is 5.37. The molecular formula is C21H25N3O6S. The first-order valence-electron chi connectivity index (χ1n) is 9.82. The molecular weight excluding hydrogens is 422 g/mol. The molecule has 10 heteroatoms. The Hall–Kier alpha value is -2.69. The number of fused-ring (bicyclic) bond motifs is 1. The van der Waals surface area contributed by atoms with Gasteiger partial charge < -0.3 is 19.9 Å². The van der Waals surface area contributed by atoms with E-state index in [-0.39, 0.29) is 36.6 Å². The lowest BCUT2D eigenvalue weighted by atomic mass is 9.99. The molecule has 4 rings (SSSR count). The normalized spacial score (nSPS) is 26.3. The van der Waals surface area contributed by atoms with Crippen LogP contribution in [0.15, 0.2) is 36.4 Å². The number of nitrogens with zero attached hydrogens (tertiary/aromatic N) is 2. The number of hydroxylamine groups is 3. The SMILES string of the molecule is C=C(C)C(C(=O)OC)[N+]1([O-])C(NC(C)=O)CC1SN1C(=O)CCC1=O.c1cc2cc-2c1. The van der Waals surface area contributed by atoms with Gasteiger partial charge in [-0.25, -0.2) is 9.10 Å². The smallest absolute Gasteiger partial charge is 0.369 e. The number of benzene rings is 1. The number of imide groups is 1. The zero-order valence-corrected chi connectivity index (χ0v) is 18.4. The third-order valence-corrected chi connectivity index (χ3v) is 6.76. The van der Waals surface area contributed by atoms with E-state index in [0.717, 1.165) is 23.4 Å². The quantitative estimate of drug-likeness (QED) is 0.180. The predicted octanol–water partition coefficient (Wildman–Crippen LogP) is 2.07. The first-order chi connectivity index (χ1) is 14.6. The summed E-state index contributed by atoms with van der Waals surface area (Å²) in [6.45, 7) is 6.49. The molecule has 166 valence electrons. The van der Waals surface area contributed by atoms with Gasteiger partial charge in [0.1, 0.15) is 0 Å². The maximum Gasteiger partial charge on any atom is 0.369 e. The molecule has 0 spiro atoms. The van der Waals surface area contributed by atoms with Crippen molar-refractivity contribution in [3.05, 3.63) is 41.6 Å². The second-order valence-corrected chi connectivity index (χ2v) is 8.83. The average molecular weight is 448 g/mol. The molecule has 1 N–H and O–H groups in total. The van der Waals surface area contributed by atoms with Crippen molar-refractivity contribution in [3.63, 3.8) is 0 Å². The standard InChI is InChI=1S/C15H21N3O6S.C6H4/c1-8(2)14(15(22)24-4)18(23)10(16-9(3)19)7-13(18)25-17-11(20)5-6-12(17)21;1-2-5-4-6(5)3-1/h10,13-14H,1,5-7H2,2-4H3,(H,16,19);1-4H. The lowest BCUT2D eigenvalue weighted by Crippen LogP contribution is -2.77. The molecule has 2 aliphatic heterocycles. The molecule has 0 aromatic carbocycles. The number of amides is 3. The Morgan fingerprint density at radius 3 is 2.23 bits per heavy atom. The molecule has 0 bridgehead atoms. The van der Waals surface area contributed by atoms with Gasteiger partial charge in [-0.3, -0.25) is 14.4 Å². The number of nitrogens with one attached hydrogen (secondary N) is 1. The van der Waals surface area contributed by atoms with Gasteiger partial charge in [0.25, 0.3) is 0 Å². The molecule has 2 aliphatic carbocycles. The summed E-state index contributed by atoms with van der Waals surface area (Å²) in [7, 11) is 1.16. The first kappa shape index (κ1) is 23.0. The molecule has 2 fully saturated rings. The van der Waals surface area contributed by atoms with E-state index in [0.29, 0.717) is 0 Å². The van der Waals surface area contributed by atoms with E-state index in [4.69, 9.17) is 4.74 Å². The van der Waals surface area contributed by atoms with Gasteiger partial charge in [-0.1, -0.05) is 24.8 Å². The minimum atomic E-state index is -1.26. The molecule has 0 aromatic heterocycles. The Labute approximate surface area is 184 Å². The highest BCUT2D eigenvalue weighted by Crippen LogP contribution is 2.46. The van der Waals surface area contributed by atoms with Crippen molar-refractivity contribution in [1.82, 2.24) is 9.62 Å². The van der Waals surface area contributed by atoms with Gasteiger partial charge in [0.15, 0.2) is 11.5 Å². The van der Waals surface area contributed by atoms with Gasteiger partial charge in [-0.05, 0) is 29.7 Å². The number of esters is 1. The summed E-state index contributed by atoms with van der Waals surface area (Å²) in [6.07, 6.45) is -0.462. The van der Waals surface area contributed by atoms with E-state index in [1.54, 1.807) is 0 Å². The fourth-order valence-corrected chi connectivity index (χ4v) is 5.08. The summed E-state index contributed by atoms with van der Waals surface area (Å²) < 4.78 is 4.55. The summed E-state index contributed by atoms with van der Waals surface area (Å²) in [5.41, 5.74) is 3.13. The monoisotopic (exact) mass is 447 g/mol. The van der Waals surface area contributed by atoms with E-state index in [9.17, 15) is 24.4 Å². The Morgan fingerprint density at radius 1 is 1.26 bits per heavy atom. The van der Waals surface area contributed by atoms with Crippen LogP contribution in [0.4, 0.5) is 0 Å². The number of ether oxygens (including phenoxy) is 1. The summed E-state index contributed by atoms with van der Waals surface area (Å²) in [4.78, 5) is 47.2. The van der Waals surface area contributed by atoms with Crippen molar-refractivity contribution in [2.45, 2.75) is 50.7 Å². The number of rotatable bonds is 6. The predicted molar refractivity (Wildman–Crippen MR) is 114 cm³/mol. The maximum atomic E-state index is 13.6. The number of hydrogen-bond acceptors (Lipinski definition) is 7. The second-order valence-electron chi connectivity index (χ2n) is 7.71. The number of methoxy groups -OCH3 is 1. The minimum absolute atomic E-state index is 0.105. The van der Waals surface area contributed by atoms with Crippen LogP contribution in [0.2, 0.25) is 0 Å².